The van der Waals surface area contributed by atoms with Crippen LogP contribution in [0.2, 0.25) is 15.1 Å². The molecule has 1 heterocycles. The van der Waals surface area contributed by atoms with Crippen LogP contribution in [0, 0.1) is 0 Å². The number of anilines is 1. The fourth-order valence-corrected chi connectivity index (χ4v) is 2.47. The molecular formula is C11H11Cl3N2O2. The topological polar surface area (TPSA) is 61.4 Å². The number of rotatable bonds is 4. The van der Waals surface area contributed by atoms with E-state index in [0.29, 0.717) is 33.8 Å². The van der Waals surface area contributed by atoms with Gasteiger partial charge in [0.25, 0.3) is 0 Å². The minimum absolute atomic E-state index is 0.0105. The van der Waals surface area contributed by atoms with Crippen molar-refractivity contribution < 1.29 is 9.90 Å². The van der Waals surface area contributed by atoms with E-state index in [2.05, 4.69) is 10.6 Å². The fraction of sp³-hybridized carbons (Fsp3) is 0.364. The van der Waals surface area contributed by atoms with E-state index in [0.717, 1.165) is 0 Å². The molecule has 1 aliphatic heterocycles. The highest BCUT2D eigenvalue weighted by Crippen LogP contribution is 2.35. The van der Waals surface area contributed by atoms with Crippen molar-refractivity contribution in [2.75, 3.05) is 18.4 Å². The summed E-state index contributed by atoms with van der Waals surface area (Å²) in [6, 6.07) is 3.14. The molecule has 0 unspecified atom stereocenters. The second-order valence-corrected chi connectivity index (χ2v) is 5.55. The zero-order valence-corrected chi connectivity index (χ0v) is 11.5. The number of benzene rings is 1. The van der Waals surface area contributed by atoms with Gasteiger partial charge < -0.3 is 15.7 Å². The van der Waals surface area contributed by atoms with E-state index in [1.807, 2.05) is 0 Å². The molecule has 1 saturated heterocycles. The first-order valence-electron chi connectivity index (χ1n) is 5.27. The summed E-state index contributed by atoms with van der Waals surface area (Å²) in [7, 11) is 0. The third kappa shape index (κ3) is 2.83. The first-order valence-corrected chi connectivity index (χ1v) is 6.40. The lowest BCUT2D eigenvalue weighted by Gasteiger charge is -2.43. The maximum absolute atomic E-state index is 10.9. The Kier molecular flexibility index (Phi) is 3.92. The summed E-state index contributed by atoms with van der Waals surface area (Å²) in [4.78, 5) is 10.9. The smallest absolute Gasteiger partial charge is 0.305 e. The van der Waals surface area contributed by atoms with Crippen LogP contribution >= 0.6 is 34.8 Å². The molecule has 0 spiro atoms. The van der Waals surface area contributed by atoms with E-state index >= 15 is 0 Å². The van der Waals surface area contributed by atoms with E-state index in [9.17, 15) is 4.79 Å². The van der Waals surface area contributed by atoms with Gasteiger partial charge in [-0.3, -0.25) is 4.79 Å². The molecule has 0 amide bonds. The average Bonchev–Trinajstić information content (AvgIpc) is 2.22. The number of nitrogens with one attached hydrogen (secondary N) is 2. The van der Waals surface area contributed by atoms with Crippen LogP contribution in [-0.2, 0) is 4.79 Å². The summed E-state index contributed by atoms with van der Waals surface area (Å²) in [5.74, 6) is -0.861. The Balaban J connectivity index is 2.22. The molecule has 4 nitrogen and oxygen atoms in total. The quantitative estimate of drug-likeness (QED) is 0.749. The monoisotopic (exact) mass is 308 g/mol. The van der Waals surface area contributed by atoms with Crippen LogP contribution in [0.3, 0.4) is 0 Å². The molecule has 1 aromatic carbocycles. The molecule has 1 aromatic rings. The van der Waals surface area contributed by atoms with Crippen LogP contribution in [0.1, 0.15) is 6.42 Å². The Morgan fingerprint density at radius 1 is 1.28 bits per heavy atom. The number of carboxylic acids is 1. The molecule has 2 rings (SSSR count). The maximum atomic E-state index is 10.9. The van der Waals surface area contributed by atoms with Gasteiger partial charge in [-0.1, -0.05) is 34.8 Å². The average molecular weight is 310 g/mol. The van der Waals surface area contributed by atoms with Crippen LogP contribution in [0.5, 0.6) is 0 Å². The van der Waals surface area contributed by atoms with Crippen molar-refractivity contribution >= 4 is 46.5 Å². The predicted molar refractivity (Wildman–Crippen MR) is 72.9 cm³/mol. The summed E-state index contributed by atoms with van der Waals surface area (Å²) in [5.41, 5.74) is 0.0703. The lowest BCUT2D eigenvalue weighted by molar-refractivity contribution is -0.138. The highest BCUT2D eigenvalue weighted by Gasteiger charge is 2.39. The van der Waals surface area contributed by atoms with Crippen molar-refractivity contribution in [3.05, 3.63) is 27.2 Å². The highest BCUT2D eigenvalue weighted by atomic mass is 35.5. The molecule has 1 aliphatic rings. The first kappa shape index (κ1) is 13.7. The van der Waals surface area contributed by atoms with Gasteiger partial charge >= 0.3 is 5.97 Å². The summed E-state index contributed by atoms with van der Waals surface area (Å²) in [5, 5.41) is 16.3. The van der Waals surface area contributed by atoms with E-state index in [4.69, 9.17) is 39.9 Å². The second kappa shape index (κ2) is 5.13. The lowest BCUT2D eigenvalue weighted by atomic mass is 9.88. The van der Waals surface area contributed by atoms with Crippen LogP contribution in [0.15, 0.2) is 12.1 Å². The molecule has 0 aliphatic carbocycles. The number of aliphatic carboxylic acids is 1. The van der Waals surface area contributed by atoms with Gasteiger partial charge in [0, 0.05) is 13.1 Å². The molecular weight excluding hydrogens is 298 g/mol. The molecule has 0 aromatic heterocycles. The third-order valence-electron chi connectivity index (χ3n) is 2.83. The zero-order chi connectivity index (χ0) is 13.3. The Morgan fingerprint density at radius 3 is 2.39 bits per heavy atom. The van der Waals surface area contributed by atoms with Gasteiger partial charge in [-0.15, -0.1) is 0 Å². The third-order valence-corrected chi connectivity index (χ3v) is 3.86. The van der Waals surface area contributed by atoms with Gasteiger partial charge in [-0.05, 0) is 12.1 Å². The normalized spacial score (nSPS) is 17.1. The first-order chi connectivity index (χ1) is 8.42. The number of halogens is 3. The molecule has 3 N–H and O–H groups in total. The van der Waals surface area contributed by atoms with Gasteiger partial charge in [-0.25, -0.2) is 0 Å². The van der Waals surface area contributed by atoms with Crippen LogP contribution in [-0.4, -0.2) is 29.7 Å². The molecule has 7 heteroatoms. The predicted octanol–water partition coefficient (Wildman–Crippen LogP) is 2.88. The second-order valence-electron chi connectivity index (χ2n) is 4.33. The van der Waals surface area contributed by atoms with Crippen LogP contribution in [0.4, 0.5) is 5.69 Å². The van der Waals surface area contributed by atoms with Crippen molar-refractivity contribution in [1.29, 1.82) is 0 Å². The zero-order valence-electron chi connectivity index (χ0n) is 9.27. The molecule has 1 fully saturated rings. The van der Waals surface area contributed by atoms with E-state index < -0.39 is 11.5 Å². The standard InChI is InChI=1S/C11H11Cl3N2O2/c12-6-1-8(14)9(2-7(6)13)16-11(3-10(17)18)4-15-5-11/h1-2,15-16H,3-5H2,(H,17,18). The minimum atomic E-state index is -0.861. The summed E-state index contributed by atoms with van der Waals surface area (Å²) in [6.45, 7) is 1.13. The van der Waals surface area contributed by atoms with Crippen molar-refractivity contribution in [3.8, 4) is 0 Å². The SMILES string of the molecule is O=C(O)CC1(Nc2cc(Cl)c(Cl)cc2Cl)CNC1. The Morgan fingerprint density at radius 2 is 1.89 bits per heavy atom. The van der Waals surface area contributed by atoms with E-state index in [1.54, 1.807) is 6.07 Å². The van der Waals surface area contributed by atoms with E-state index in [1.165, 1.54) is 6.07 Å². The van der Waals surface area contributed by atoms with Gasteiger partial charge in [0.2, 0.25) is 0 Å². The van der Waals surface area contributed by atoms with Crippen LogP contribution in [0.25, 0.3) is 0 Å². The lowest BCUT2D eigenvalue weighted by Crippen LogP contribution is -2.65. The Labute approximate surface area is 119 Å². The fourth-order valence-electron chi connectivity index (χ4n) is 1.88. The Hall–Kier alpha value is -0.680. The van der Waals surface area contributed by atoms with Crippen molar-refractivity contribution in [2.24, 2.45) is 0 Å². The Bertz CT molecular complexity index is 489. The summed E-state index contributed by atoms with van der Waals surface area (Å²) in [6.07, 6.45) is 0.0105. The van der Waals surface area contributed by atoms with Crippen LogP contribution < -0.4 is 10.6 Å². The summed E-state index contributed by atoms with van der Waals surface area (Å²) >= 11 is 17.8. The van der Waals surface area contributed by atoms with Gasteiger partial charge in [0.05, 0.1) is 32.7 Å². The largest absolute Gasteiger partial charge is 0.481 e. The van der Waals surface area contributed by atoms with Crippen molar-refractivity contribution in [2.45, 2.75) is 12.0 Å². The number of hydrogen-bond donors (Lipinski definition) is 3. The molecule has 0 atom stereocenters. The van der Waals surface area contributed by atoms with Gasteiger partial charge in [-0.2, -0.15) is 0 Å². The minimum Gasteiger partial charge on any atom is -0.481 e. The van der Waals surface area contributed by atoms with Gasteiger partial charge in [0.15, 0.2) is 0 Å². The number of carbonyl (C=O) groups is 1. The summed E-state index contributed by atoms with van der Waals surface area (Å²) < 4.78 is 0. The maximum Gasteiger partial charge on any atom is 0.305 e. The number of carboxylic acid groups (broad SMARTS) is 1. The molecule has 98 valence electrons. The van der Waals surface area contributed by atoms with Crippen molar-refractivity contribution in [3.63, 3.8) is 0 Å². The number of hydrogen-bond acceptors (Lipinski definition) is 3. The van der Waals surface area contributed by atoms with E-state index in [-0.39, 0.29) is 6.42 Å². The molecule has 18 heavy (non-hydrogen) atoms. The van der Waals surface area contributed by atoms with Gasteiger partial charge in [0.1, 0.15) is 0 Å². The van der Waals surface area contributed by atoms with Crippen molar-refractivity contribution in [1.82, 2.24) is 5.32 Å². The highest BCUT2D eigenvalue weighted by molar-refractivity contribution is 6.44. The molecule has 0 radical (unpaired) electrons. The molecule has 0 saturated carbocycles. The molecule has 0 bridgehead atoms.